The van der Waals surface area contributed by atoms with E-state index in [1.807, 2.05) is 14.0 Å². The van der Waals surface area contributed by atoms with Crippen LogP contribution in [0.5, 0.6) is 0 Å². The van der Waals surface area contributed by atoms with Crippen molar-refractivity contribution >= 4 is 40.0 Å². The van der Waals surface area contributed by atoms with E-state index in [9.17, 15) is 0 Å². The maximum atomic E-state index is 7.33. The Labute approximate surface area is 135 Å². The number of halogens is 1. The van der Waals surface area contributed by atoms with E-state index in [4.69, 9.17) is 21.7 Å². The summed E-state index contributed by atoms with van der Waals surface area (Å²) in [5.41, 5.74) is 4.41. The minimum Gasteiger partial charge on any atom is -0.378 e. The number of ether oxygens (including phenoxy) is 1. The van der Waals surface area contributed by atoms with Gasteiger partial charge in [0.2, 0.25) is 0 Å². The maximum Gasteiger partial charge on any atom is 0.0642 e. The Morgan fingerprint density at radius 2 is 2.05 bits per heavy atom. The molecule has 1 fully saturated rings. The minimum absolute atomic E-state index is 0.477. The molecular weight excluding hydrogens is 298 g/mol. The number of fused-ring (bicyclic) bond motifs is 1. The molecule has 1 aromatic carbocycles. The van der Waals surface area contributed by atoms with Crippen LogP contribution in [-0.2, 0) is 11.8 Å². The molecular formula is C17H20ClN3O. The maximum absolute atomic E-state index is 7.33. The zero-order valence-electron chi connectivity index (χ0n) is 12.9. The third-order valence-corrected chi connectivity index (χ3v) is 4.63. The van der Waals surface area contributed by atoms with Gasteiger partial charge in [0.15, 0.2) is 0 Å². The van der Waals surface area contributed by atoms with Crippen molar-refractivity contribution in [1.82, 2.24) is 4.57 Å². The molecule has 0 saturated carbocycles. The van der Waals surface area contributed by atoms with Gasteiger partial charge in [-0.1, -0.05) is 17.7 Å². The first-order chi connectivity index (χ1) is 10.6. The number of hydrogen-bond acceptors (Lipinski definition) is 3. The van der Waals surface area contributed by atoms with Crippen molar-refractivity contribution in [3.05, 3.63) is 35.0 Å². The summed E-state index contributed by atoms with van der Waals surface area (Å²) in [6.07, 6.45) is 3.27. The van der Waals surface area contributed by atoms with Crippen LogP contribution in [0, 0.1) is 5.41 Å². The Balaban J connectivity index is 2.07. The average Bonchev–Trinajstić information content (AvgIpc) is 2.90. The number of aromatic nitrogens is 1. The second kappa shape index (κ2) is 6.15. The van der Waals surface area contributed by atoms with Crippen molar-refractivity contribution in [2.45, 2.75) is 6.92 Å². The van der Waals surface area contributed by atoms with Crippen LogP contribution in [0.2, 0.25) is 0 Å². The molecule has 1 aromatic heterocycles. The SMILES string of the molecule is C/C(=C(/Cl)C=N)c1cn(C)c2cc(N3CCOCC3)ccc12. The molecule has 3 rings (SSSR count). The molecule has 4 nitrogen and oxygen atoms in total. The largest absolute Gasteiger partial charge is 0.378 e. The van der Waals surface area contributed by atoms with Crippen molar-refractivity contribution in [3.8, 4) is 0 Å². The van der Waals surface area contributed by atoms with E-state index < -0.39 is 0 Å². The third-order valence-electron chi connectivity index (χ3n) is 4.24. The standard InChI is InChI=1S/C17H20ClN3O/c1-12(16(18)10-19)15-11-20(2)17-9-13(3-4-14(15)17)21-5-7-22-8-6-21/h3-4,9-11,19H,5-8H2,1-2H3/b16-12-,19-10?. The highest BCUT2D eigenvalue weighted by molar-refractivity contribution is 6.42. The zero-order valence-corrected chi connectivity index (χ0v) is 13.7. The average molecular weight is 318 g/mol. The molecule has 0 radical (unpaired) electrons. The van der Waals surface area contributed by atoms with Crippen molar-refractivity contribution in [1.29, 1.82) is 5.41 Å². The molecule has 0 bridgehead atoms. The fourth-order valence-corrected chi connectivity index (χ4v) is 3.03. The quantitative estimate of drug-likeness (QED) is 0.878. The van der Waals surface area contributed by atoms with E-state index in [0.29, 0.717) is 5.03 Å². The van der Waals surface area contributed by atoms with Crippen LogP contribution in [0.15, 0.2) is 29.4 Å². The number of nitrogens with zero attached hydrogens (tertiary/aromatic N) is 2. The van der Waals surface area contributed by atoms with Crippen molar-refractivity contribution in [2.24, 2.45) is 7.05 Å². The van der Waals surface area contributed by atoms with Crippen molar-refractivity contribution in [3.63, 3.8) is 0 Å². The van der Waals surface area contributed by atoms with E-state index in [1.54, 1.807) is 0 Å². The Kier molecular flexibility index (Phi) is 4.23. The fraction of sp³-hybridized carbons (Fsp3) is 0.353. The van der Waals surface area contributed by atoms with Gasteiger partial charge in [0.05, 0.1) is 23.8 Å². The molecule has 1 aliphatic rings. The lowest BCUT2D eigenvalue weighted by Crippen LogP contribution is -2.36. The topological polar surface area (TPSA) is 41.2 Å². The summed E-state index contributed by atoms with van der Waals surface area (Å²) >= 11 is 6.12. The number of anilines is 1. The van der Waals surface area contributed by atoms with Gasteiger partial charge in [-0.2, -0.15) is 0 Å². The fourth-order valence-electron chi connectivity index (χ4n) is 2.93. The Morgan fingerprint density at radius 3 is 2.73 bits per heavy atom. The second-order valence-corrected chi connectivity index (χ2v) is 5.98. The van der Waals surface area contributed by atoms with E-state index >= 15 is 0 Å². The first kappa shape index (κ1) is 15.1. The summed E-state index contributed by atoms with van der Waals surface area (Å²) in [7, 11) is 2.04. The predicted octanol–water partition coefficient (Wildman–Crippen LogP) is 3.63. The number of benzene rings is 1. The summed E-state index contributed by atoms with van der Waals surface area (Å²) in [6, 6.07) is 6.52. The Hall–Kier alpha value is -1.78. The molecule has 0 atom stereocenters. The highest BCUT2D eigenvalue weighted by Crippen LogP contribution is 2.32. The third kappa shape index (κ3) is 2.64. The minimum atomic E-state index is 0.477. The van der Waals surface area contributed by atoms with Crippen LogP contribution in [-0.4, -0.2) is 37.1 Å². The van der Waals surface area contributed by atoms with E-state index in [2.05, 4.69) is 33.9 Å². The number of nitrogens with one attached hydrogen (secondary N) is 1. The summed E-state index contributed by atoms with van der Waals surface area (Å²) < 4.78 is 7.54. The molecule has 116 valence electrons. The lowest BCUT2D eigenvalue weighted by Gasteiger charge is -2.29. The van der Waals surface area contributed by atoms with E-state index in [1.165, 1.54) is 17.4 Å². The number of aryl methyl sites for hydroxylation is 1. The van der Waals surface area contributed by atoms with Gasteiger partial charge < -0.3 is 19.6 Å². The molecule has 22 heavy (non-hydrogen) atoms. The van der Waals surface area contributed by atoms with Gasteiger partial charge >= 0.3 is 0 Å². The lowest BCUT2D eigenvalue weighted by molar-refractivity contribution is 0.122. The predicted molar refractivity (Wildman–Crippen MR) is 93.2 cm³/mol. The van der Waals surface area contributed by atoms with Gasteiger partial charge in [-0.3, -0.25) is 0 Å². The van der Waals surface area contributed by atoms with Crippen molar-refractivity contribution in [2.75, 3.05) is 31.2 Å². The molecule has 2 heterocycles. The number of allylic oxidation sites excluding steroid dienone is 2. The van der Waals surface area contributed by atoms with Gasteiger partial charge in [0, 0.05) is 49.2 Å². The van der Waals surface area contributed by atoms with Crippen LogP contribution in [0.1, 0.15) is 12.5 Å². The Morgan fingerprint density at radius 1 is 1.32 bits per heavy atom. The number of hydrogen-bond donors (Lipinski definition) is 1. The zero-order chi connectivity index (χ0) is 15.7. The molecule has 0 amide bonds. The molecule has 2 aromatic rings. The van der Waals surface area contributed by atoms with Gasteiger partial charge in [-0.25, -0.2) is 0 Å². The molecule has 0 unspecified atom stereocenters. The van der Waals surface area contributed by atoms with Crippen molar-refractivity contribution < 1.29 is 4.74 Å². The summed E-state index contributed by atoms with van der Waals surface area (Å²) in [5.74, 6) is 0. The smallest absolute Gasteiger partial charge is 0.0642 e. The summed E-state index contributed by atoms with van der Waals surface area (Å²) in [6.45, 7) is 5.39. The lowest BCUT2D eigenvalue weighted by atomic mass is 10.1. The Bertz CT molecular complexity index is 742. The number of morpholine rings is 1. The van der Waals surface area contributed by atoms with Crippen LogP contribution in [0.25, 0.3) is 16.5 Å². The van der Waals surface area contributed by atoms with E-state index in [0.717, 1.165) is 42.8 Å². The second-order valence-electron chi connectivity index (χ2n) is 5.57. The van der Waals surface area contributed by atoms with Gasteiger partial charge in [0.25, 0.3) is 0 Å². The highest BCUT2D eigenvalue weighted by Gasteiger charge is 2.15. The first-order valence-electron chi connectivity index (χ1n) is 7.41. The molecule has 0 aliphatic carbocycles. The number of rotatable bonds is 3. The summed E-state index contributed by atoms with van der Waals surface area (Å²) in [4.78, 5) is 2.35. The van der Waals surface area contributed by atoms with Crippen LogP contribution in [0.3, 0.4) is 0 Å². The molecule has 1 N–H and O–H groups in total. The van der Waals surface area contributed by atoms with Gasteiger partial charge in [0.1, 0.15) is 0 Å². The highest BCUT2D eigenvalue weighted by atomic mass is 35.5. The summed E-state index contributed by atoms with van der Waals surface area (Å²) in [5, 5.41) is 8.97. The van der Waals surface area contributed by atoms with Crippen LogP contribution >= 0.6 is 11.6 Å². The van der Waals surface area contributed by atoms with E-state index in [-0.39, 0.29) is 0 Å². The molecule has 5 heteroatoms. The molecule has 1 saturated heterocycles. The van der Waals surface area contributed by atoms with Crippen LogP contribution in [0.4, 0.5) is 5.69 Å². The van der Waals surface area contributed by atoms with Gasteiger partial charge in [-0.15, -0.1) is 0 Å². The molecule has 1 aliphatic heterocycles. The molecule has 0 spiro atoms. The van der Waals surface area contributed by atoms with Crippen LogP contribution < -0.4 is 4.90 Å². The monoisotopic (exact) mass is 317 g/mol. The van der Waals surface area contributed by atoms with Gasteiger partial charge in [-0.05, 0) is 24.6 Å². The normalized spacial score (nSPS) is 16.8. The first-order valence-corrected chi connectivity index (χ1v) is 7.78.